The number of amides is 2. The van der Waals surface area contributed by atoms with Gasteiger partial charge in [-0.1, -0.05) is 18.2 Å². The van der Waals surface area contributed by atoms with Crippen molar-refractivity contribution in [2.75, 3.05) is 19.1 Å². The number of carbonyl (C=O) groups is 2. The fourth-order valence-electron chi connectivity index (χ4n) is 2.66. The molecule has 1 aliphatic rings. The molecule has 0 radical (unpaired) electrons. The molecule has 0 atom stereocenters. The highest BCUT2D eigenvalue weighted by Gasteiger charge is 2.34. The Kier molecular flexibility index (Phi) is 5.76. The minimum atomic E-state index is -0.540. The summed E-state index contributed by atoms with van der Waals surface area (Å²) in [6.07, 6.45) is 1.51. The Morgan fingerprint density at radius 1 is 1.11 bits per heavy atom. The largest absolute Gasteiger partial charge is 0.493 e. The normalized spacial score (nSPS) is 15.7. The molecule has 138 valence electrons. The molecular formula is C19H15IN2O4S. The van der Waals surface area contributed by atoms with Crippen molar-refractivity contribution in [3.8, 4) is 11.5 Å². The Bertz CT molecular complexity index is 960. The molecule has 0 saturated carbocycles. The Hall–Kier alpha value is -2.46. The van der Waals surface area contributed by atoms with E-state index in [0.29, 0.717) is 22.7 Å². The molecular weight excluding hydrogens is 479 g/mol. The van der Waals surface area contributed by atoms with Gasteiger partial charge in [0.2, 0.25) is 0 Å². The predicted molar refractivity (Wildman–Crippen MR) is 115 cm³/mol. The number of nitrogens with zero attached hydrogens (tertiary/aromatic N) is 1. The minimum Gasteiger partial charge on any atom is -0.493 e. The molecule has 1 N–H and O–H groups in total. The molecule has 0 aliphatic carbocycles. The van der Waals surface area contributed by atoms with Crippen molar-refractivity contribution < 1.29 is 19.1 Å². The number of para-hydroxylation sites is 1. The van der Waals surface area contributed by atoms with E-state index in [2.05, 4.69) is 27.9 Å². The van der Waals surface area contributed by atoms with Crippen molar-refractivity contribution in [1.29, 1.82) is 0 Å². The van der Waals surface area contributed by atoms with E-state index >= 15 is 0 Å². The van der Waals surface area contributed by atoms with Gasteiger partial charge in [0.15, 0.2) is 16.6 Å². The number of halogens is 1. The molecule has 0 unspecified atom stereocenters. The molecule has 2 aromatic carbocycles. The van der Waals surface area contributed by atoms with Crippen molar-refractivity contribution in [1.82, 2.24) is 5.32 Å². The highest BCUT2D eigenvalue weighted by Crippen LogP contribution is 2.34. The number of methoxy groups -OCH3 is 2. The van der Waals surface area contributed by atoms with E-state index in [1.54, 1.807) is 43.5 Å². The van der Waals surface area contributed by atoms with Crippen LogP contribution in [0.4, 0.5) is 5.69 Å². The topological polar surface area (TPSA) is 67.9 Å². The number of thiocarbonyl (C=S) groups is 1. The van der Waals surface area contributed by atoms with E-state index in [1.807, 2.05) is 6.07 Å². The smallest absolute Gasteiger partial charge is 0.270 e. The van der Waals surface area contributed by atoms with Crippen LogP contribution in [0.15, 0.2) is 48.0 Å². The second kappa shape index (κ2) is 8.05. The summed E-state index contributed by atoms with van der Waals surface area (Å²) in [5, 5.41) is 2.62. The third-order valence-corrected chi connectivity index (χ3v) is 4.97. The van der Waals surface area contributed by atoms with Gasteiger partial charge >= 0.3 is 0 Å². The Balaban J connectivity index is 2.05. The van der Waals surface area contributed by atoms with Crippen molar-refractivity contribution >= 4 is 63.5 Å². The Morgan fingerprint density at radius 3 is 2.44 bits per heavy atom. The molecule has 2 amide bonds. The first kappa shape index (κ1) is 19.3. The van der Waals surface area contributed by atoms with Gasteiger partial charge in [-0.05, 0) is 70.7 Å². The fraction of sp³-hybridized carbons (Fsp3) is 0.105. The number of carbonyl (C=O) groups excluding carboxylic acids is 2. The third-order valence-electron chi connectivity index (χ3n) is 3.88. The van der Waals surface area contributed by atoms with Gasteiger partial charge in [-0.2, -0.15) is 0 Å². The summed E-state index contributed by atoms with van der Waals surface area (Å²) < 4.78 is 11.4. The summed E-state index contributed by atoms with van der Waals surface area (Å²) in [6, 6.07) is 12.4. The summed E-state index contributed by atoms with van der Waals surface area (Å²) in [4.78, 5) is 26.7. The minimum absolute atomic E-state index is 0.0181. The molecule has 27 heavy (non-hydrogen) atoms. The maximum atomic E-state index is 13.0. The predicted octanol–water partition coefficient (Wildman–Crippen LogP) is 3.14. The monoisotopic (exact) mass is 494 g/mol. The van der Waals surface area contributed by atoms with Crippen LogP contribution in [-0.2, 0) is 9.59 Å². The molecule has 1 fully saturated rings. The van der Waals surface area contributed by atoms with E-state index in [4.69, 9.17) is 21.7 Å². The van der Waals surface area contributed by atoms with Crippen LogP contribution in [0.2, 0.25) is 0 Å². The number of hydrogen-bond acceptors (Lipinski definition) is 5. The van der Waals surface area contributed by atoms with E-state index < -0.39 is 11.8 Å². The molecule has 0 spiro atoms. The zero-order valence-corrected chi connectivity index (χ0v) is 17.5. The molecule has 1 saturated heterocycles. The molecule has 1 heterocycles. The summed E-state index contributed by atoms with van der Waals surface area (Å²) in [7, 11) is 3.08. The van der Waals surface area contributed by atoms with Crippen LogP contribution < -0.4 is 19.7 Å². The lowest BCUT2D eigenvalue weighted by molar-refractivity contribution is -0.122. The van der Waals surface area contributed by atoms with E-state index in [-0.39, 0.29) is 10.7 Å². The molecule has 1 aliphatic heterocycles. The number of benzene rings is 2. The van der Waals surface area contributed by atoms with Crippen molar-refractivity contribution in [3.05, 3.63) is 57.2 Å². The Labute approximate surface area is 175 Å². The van der Waals surface area contributed by atoms with Crippen LogP contribution in [0.25, 0.3) is 6.08 Å². The number of nitrogens with one attached hydrogen (secondary N) is 1. The van der Waals surface area contributed by atoms with E-state index in [9.17, 15) is 9.59 Å². The second-order valence-corrected chi connectivity index (χ2v) is 7.08. The number of hydrogen-bond donors (Lipinski definition) is 1. The highest BCUT2D eigenvalue weighted by molar-refractivity contribution is 14.1. The summed E-state index contributed by atoms with van der Waals surface area (Å²) >= 11 is 7.29. The lowest BCUT2D eigenvalue weighted by Gasteiger charge is -2.28. The quantitative estimate of drug-likeness (QED) is 0.306. The molecule has 8 heteroatoms. The number of rotatable bonds is 4. The van der Waals surface area contributed by atoms with Crippen molar-refractivity contribution in [3.63, 3.8) is 0 Å². The summed E-state index contributed by atoms with van der Waals surface area (Å²) in [6.45, 7) is 0. The SMILES string of the molecule is COc1cc(/C=C2/C(=O)NC(=S)N(c3ccccc3)C2=O)cc(I)c1OC. The van der Waals surface area contributed by atoms with Gasteiger partial charge in [0.1, 0.15) is 5.57 Å². The average molecular weight is 494 g/mol. The average Bonchev–Trinajstić information content (AvgIpc) is 2.65. The first-order chi connectivity index (χ1) is 13.0. The van der Waals surface area contributed by atoms with Crippen molar-refractivity contribution in [2.24, 2.45) is 0 Å². The van der Waals surface area contributed by atoms with Gasteiger partial charge in [-0.25, -0.2) is 0 Å². The number of ether oxygens (including phenoxy) is 2. The zero-order valence-electron chi connectivity index (χ0n) is 14.5. The van der Waals surface area contributed by atoms with Crippen molar-refractivity contribution in [2.45, 2.75) is 0 Å². The molecule has 0 bridgehead atoms. The lowest BCUT2D eigenvalue weighted by atomic mass is 10.1. The molecule has 2 aromatic rings. The van der Waals surface area contributed by atoms with Gasteiger partial charge < -0.3 is 9.47 Å². The zero-order chi connectivity index (χ0) is 19.6. The van der Waals surface area contributed by atoms with Crippen LogP contribution in [0.1, 0.15) is 5.56 Å². The summed E-state index contributed by atoms with van der Waals surface area (Å²) in [5.74, 6) is 0.0730. The van der Waals surface area contributed by atoms with Crippen LogP contribution >= 0.6 is 34.8 Å². The van der Waals surface area contributed by atoms with Crippen LogP contribution in [0.3, 0.4) is 0 Å². The Morgan fingerprint density at radius 2 is 1.81 bits per heavy atom. The summed E-state index contributed by atoms with van der Waals surface area (Å²) in [5.41, 5.74) is 1.20. The maximum absolute atomic E-state index is 13.0. The third kappa shape index (κ3) is 3.81. The molecule has 6 nitrogen and oxygen atoms in total. The van der Waals surface area contributed by atoms with E-state index in [0.717, 1.165) is 3.57 Å². The maximum Gasteiger partial charge on any atom is 0.270 e. The standard InChI is InChI=1S/C19H15IN2O4S/c1-25-15-10-11(9-14(20)16(15)26-2)8-13-17(23)21-19(27)22(18(13)24)12-6-4-3-5-7-12/h3-10H,1-2H3,(H,21,23,27)/b13-8-. The van der Waals surface area contributed by atoms with Gasteiger partial charge in [-0.3, -0.25) is 19.8 Å². The van der Waals surface area contributed by atoms with Gasteiger partial charge in [-0.15, -0.1) is 0 Å². The lowest BCUT2D eigenvalue weighted by Crippen LogP contribution is -2.54. The first-order valence-electron chi connectivity index (χ1n) is 7.84. The molecule has 0 aromatic heterocycles. The van der Waals surface area contributed by atoms with Gasteiger partial charge in [0, 0.05) is 0 Å². The fourth-order valence-corrected chi connectivity index (χ4v) is 3.78. The second-order valence-electron chi connectivity index (χ2n) is 5.53. The van der Waals surface area contributed by atoms with Crippen LogP contribution in [0.5, 0.6) is 11.5 Å². The molecule has 3 rings (SSSR count). The van der Waals surface area contributed by atoms with Gasteiger partial charge in [0.05, 0.1) is 23.5 Å². The van der Waals surface area contributed by atoms with Crippen LogP contribution in [-0.4, -0.2) is 31.1 Å². The first-order valence-corrected chi connectivity index (χ1v) is 9.33. The highest BCUT2D eigenvalue weighted by atomic mass is 127. The van der Waals surface area contributed by atoms with Crippen LogP contribution in [0, 0.1) is 3.57 Å². The van der Waals surface area contributed by atoms with Gasteiger partial charge in [0.25, 0.3) is 11.8 Å². The van der Waals surface area contributed by atoms with E-state index in [1.165, 1.54) is 18.1 Å². The number of anilines is 1.